The number of aryl methyl sites for hydroxylation is 2. The zero-order chi connectivity index (χ0) is 12.4. The number of halogens is 2. The van der Waals surface area contributed by atoms with Gasteiger partial charge in [0, 0.05) is 11.8 Å². The zero-order valence-corrected chi connectivity index (χ0v) is 10.1. The summed E-state index contributed by atoms with van der Waals surface area (Å²) in [7, 11) is 0. The molecule has 0 spiro atoms. The summed E-state index contributed by atoms with van der Waals surface area (Å²) in [5, 5.41) is 0.0682. The Kier molecular flexibility index (Phi) is 3.24. The summed E-state index contributed by atoms with van der Waals surface area (Å²) in [5.74, 6) is -0.0148. The van der Waals surface area contributed by atoms with Gasteiger partial charge in [0.2, 0.25) is 11.2 Å². The predicted octanol–water partition coefficient (Wildman–Crippen LogP) is 3.68. The topological polar surface area (TPSA) is 35.0 Å². The molecule has 2 aromatic rings. The molecular formula is C12H10ClFN2O. The van der Waals surface area contributed by atoms with Crippen LogP contribution >= 0.6 is 11.6 Å². The first kappa shape index (κ1) is 11.8. The van der Waals surface area contributed by atoms with Gasteiger partial charge in [0.15, 0.2) is 11.6 Å². The Morgan fingerprint density at radius 3 is 2.76 bits per heavy atom. The van der Waals surface area contributed by atoms with Crippen molar-refractivity contribution in [1.82, 2.24) is 9.97 Å². The summed E-state index contributed by atoms with van der Waals surface area (Å²) in [4.78, 5) is 7.71. The average Bonchev–Trinajstić information content (AvgIpc) is 2.30. The lowest BCUT2D eigenvalue weighted by Crippen LogP contribution is -1.96. The highest BCUT2D eigenvalue weighted by atomic mass is 35.5. The Labute approximate surface area is 103 Å². The van der Waals surface area contributed by atoms with E-state index in [9.17, 15) is 4.39 Å². The number of rotatable bonds is 2. The summed E-state index contributed by atoms with van der Waals surface area (Å²) in [6.45, 7) is 3.43. The van der Waals surface area contributed by atoms with Gasteiger partial charge < -0.3 is 4.74 Å². The molecule has 0 saturated carbocycles. The summed E-state index contributed by atoms with van der Waals surface area (Å²) in [6, 6.07) is 4.92. The van der Waals surface area contributed by atoms with Crippen molar-refractivity contribution < 1.29 is 9.13 Å². The van der Waals surface area contributed by atoms with E-state index in [1.54, 1.807) is 26.0 Å². The molecule has 1 aromatic carbocycles. The van der Waals surface area contributed by atoms with Crippen LogP contribution in [0.1, 0.15) is 11.1 Å². The molecule has 0 atom stereocenters. The maximum absolute atomic E-state index is 13.7. The molecule has 0 unspecified atom stereocenters. The van der Waals surface area contributed by atoms with Crippen molar-refractivity contribution in [3.05, 3.63) is 46.6 Å². The minimum Gasteiger partial charge on any atom is -0.435 e. The molecule has 0 N–H and O–H groups in total. The highest BCUT2D eigenvalue weighted by Gasteiger charge is 2.10. The first-order valence-electron chi connectivity index (χ1n) is 5.00. The largest absolute Gasteiger partial charge is 0.435 e. The minimum atomic E-state index is -0.401. The maximum Gasteiger partial charge on any atom is 0.226 e. The van der Waals surface area contributed by atoms with Crippen molar-refractivity contribution in [1.29, 1.82) is 0 Å². The SMILES string of the molecule is Cc1cnc(Cl)nc1Oc1cccc(C)c1F. The van der Waals surface area contributed by atoms with E-state index in [4.69, 9.17) is 16.3 Å². The average molecular weight is 253 g/mol. The van der Waals surface area contributed by atoms with Crippen molar-refractivity contribution in [2.24, 2.45) is 0 Å². The van der Waals surface area contributed by atoms with Crippen LogP contribution < -0.4 is 4.74 Å². The molecule has 0 amide bonds. The van der Waals surface area contributed by atoms with Crippen molar-refractivity contribution >= 4 is 11.6 Å². The molecule has 0 radical (unpaired) electrons. The lowest BCUT2D eigenvalue weighted by Gasteiger charge is -2.09. The molecule has 0 fully saturated rings. The molecule has 0 aliphatic rings. The van der Waals surface area contributed by atoms with Gasteiger partial charge in [0.05, 0.1) is 0 Å². The predicted molar refractivity (Wildman–Crippen MR) is 63.0 cm³/mol. The first-order chi connectivity index (χ1) is 8.08. The van der Waals surface area contributed by atoms with E-state index in [1.807, 2.05) is 0 Å². The van der Waals surface area contributed by atoms with Crippen LogP contribution in [0.3, 0.4) is 0 Å². The van der Waals surface area contributed by atoms with Crippen molar-refractivity contribution in [2.45, 2.75) is 13.8 Å². The Morgan fingerprint density at radius 2 is 2.00 bits per heavy atom. The molecule has 88 valence electrons. The van der Waals surface area contributed by atoms with Crippen molar-refractivity contribution in [2.75, 3.05) is 0 Å². The molecule has 0 aliphatic heterocycles. The molecule has 17 heavy (non-hydrogen) atoms. The second-order valence-corrected chi connectivity index (χ2v) is 3.95. The van der Waals surface area contributed by atoms with Gasteiger partial charge in [-0.05, 0) is 37.1 Å². The van der Waals surface area contributed by atoms with Crippen LogP contribution in [0.15, 0.2) is 24.4 Å². The third kappa shape index (κ3) is 2.53. The summed E-state index contributed by atoms with van der Waals surface area (Å²) < 4.78 is 19.1. The zero-order valence-electron chi connectivity index (χ0n) is 9.37. The lowest BCUT2D eigenvalue weighted by molar-refractivity contribution is 0.421. The summed E-state index contributed by atoms with van der Waals surface area (Å²) in [6.07, 6.45) is 1.53. The van der Waals surface area contributed by atoms with Gasteiger partial charge in [-0.1, -0.05) is 12.1 Å². The van der Waals surface area contributed by atoms with E-state index in [-0.39, 0.29) is 16.9 Å². The highest BCUT2D eigenvalue weighted by Crippen LogP contribution is 2.27. The van der Waals surface area contributed by atoms with Gasteiger partial charge >= 0.3 is 0 Å². The number of aromatic nitrogens is 2. The van der Waals surface area contributed by atoms with E-state index in [0.717, 1.165) is 0 Å². The molecule has 0 aliphatic carbocycles. The maximum atomic E-state index is 13.7. The number of ether oxygens (including phenoxy) is 1. The first-order valence-corrected chi connectivity index (χ1v) is 5.38. The fourth-order valence-electron chi connectivity index (χ4n) is 1.31. The lowest BCUT2D eigenvalue weighted by atomic mass is 10.2. The van der Waals surface area contributed by atoms with Crippen LogP contribution in [0.25, 0.3) is 0 Å². The molecule has 5 heteroatoms. The third-order valence-corrected chi connectivity index (χ3v) is 2.44. The van der Waals surface area contributed by atoms with Gasteiger partial charge in [-0.2, -0.15) is 4.98 Å². The summed E-state index contributed by atoms with van der Waals surface area (Å²) in [5.41, 5.74) is 1.20. The molecule has 1 aromatic heterocycles. The Morgan fingerprint density at radius 1 is 1.24 bits per heavy atom. The molecular weight excluding hydrogens is 243 g/mol. The van der Waals surface area contributed by atoms with Gasteiger partial charge in [-0.25, -0.2) is 9.37 Å². The number of hydrogen-bond donors (Lipinski definition) is 0. The molecule has 1 heterocycles. The quantitative estimate of drug-likeness (QED) is 0.765. The van der Waals surface area contributed by atoms with E-state index in [0.29, 0.717) is 11.1 Å². The highest BCUT2D eigenvalue weighted by molar-refractivity contribution is 6.28. The van der Waals surface area contributed by atoms with E-state index < -0.39 is 5.82 Å². The van der Waals surface area contributed by atoms with Crippen molar-refractivity contribution in [3.8, 4) is 11.6 Å². The fraction of sp³-hybridized carbons (Fsp3) is 0.167. The molecule has 2 rings (SSSR count). The Hall–Kier alpha value is -1.68. The Balaban J connectivity index is 2.38. The number of hydrogen-bond acceptors (Lipinski definition) is 3. The van der Waals surface area contributed by atoms with Crippen LogP contribution in [-0.4, -0.2) is 9.97 Å². The van der Waals surface area contributed by atoms with Gasteiger partial charge in [0.1, 0.15) is 0 Å². The number of benzene rings is 1. The fourth-order valence-corrected chi connectivity index (χ4v) is 1.44. The van der Waals surface area contributed by atoms with E-state index >= 15 is 0 Å². The smallest absolute Gasteiger partial charge is 0.226 e. The minimum absolute atomic E-state index is 0.0682. The number of nitrogens with zero attached hydrogens (tertiary/aromatic N) is 2. The van der Waals surface area contributed by atoms with E-state index in [1.165, 1.54) is 12.3 Å². The van der Waals surface area contributed by atoms with E-state index in [2.05, 4.69) is 9.97 Å². The Bertz CT molecular complexity index is 560. The standard InChI is InChI=1S/C12H10ClFN2O/c1-7-4-3-5-9(10(7)14)17-11-8(2)6-15-12(13)16-11/h3-6H,1-2H3. The third-order valence-electron chi connectivity index (χ3n) is 2.26. The van der Waals surface area contributed by atoms with Crippen LogP contribution in [0.4, 0.5) is 4.39 Å². The second-order valence-electron chi connectivity index (χ2n) is 3.62. The van der Waals surface area contributed by atoms with Gasteiger partial charge in [-0.15, -0.1) is 0 Å². The molecule has 3 nitrogen and oxygen atoms in total. The van der Waals surface area contributed by atoms with Crippen LogP contribution in [0, 0.1) is 19.7 Å². The molecule has 0 saturated heterocycles. The van der Waals surface area contributed by atoms with Gasteiger partial charge in [0.25, 0.3) is 0 Å². The molecule has 0 bridgehead atoms. The van der Waals surface area contributed by atoms with Gasteiger partial charge in [-0.3, -0.25) is 0 Å². The summed E-state index contributed by atoms with van der Waals surface area (Å²) >= 11 is 5.66. The second kappa shape index (κ2) is 4.67. The van der Waals surface area contributed by atoms with Crippen LogP contribution in [-0.2, 0) is 0 Å². The van der Waals surface area contributed by atoms with Crippen LogP contribution in [0.5, 0.6) is 11.6 Å². The normalized spacial score (nSPS) is 10.4. The monoisotopic (exact) mass is 252 g/mol. The van der Waals surface area contributed by atoms with Crippen molar-refractivity contribution in [3.63, 3.8) is 0 Å². The van der Waals surface area contributed by atoms with Crippen LogP contribution in [0.2, 0.25) is 5.28 Å².